The van der Waals surface area contributed by atoms with Crippen LogP contribution >= 0.6 is 11.8 Å². The molecule has 0 heterocycles. The Morgan fingerprint density at radius 1 is 0.962 bits per heavy atom. The molecule has 5 heteroatoms. The van der Waals surface area contributed by atoms with Crippen LogP contribution in [0.15, 0.2) is 77.7 Å². The van der Waals surface area contributed by atoms with E-state index in [4.69, 9.17) is 0 Å². The van der Waals surface area contributed by atoms with Gasteiger partial charge in [-0.1, -0.05) is 48.5 Å². The van der Waals surface area contributed by atoms with Crippen LogP contribution in [-0.2, 0) is 4.79 Å². The van der Waals surface area contributed by atoms with Crippen molar-refractivity contribution >= 4 is 23.4 Å². The highest BCUT2D eigenvalue weighted by Crippen LogP contribution is 2.30. The SMILES string of the molecule is CC(Sc1ccc(F)cc1F)C(=O)Nc1ccccc1-c1ccccc1. The average Bonchev–Trinajstić information content (AvgIpc) is 2.65. The predicted octanol–water partition coefficient (Wildman–Crippen LogP) is 5.75. The molecule has 0 bridgehead atoms. The maximum atomic E-state index is 13.8. The molecule has 3 rings (SSSR count). The Morgan fingerprint density at radius 2 is 1.65 bits per heavy atom. The summed E-state index contributed by atoms with van der Waals surface area (Å²) in [6.07, 6.45) is 0. The van der Waals surface area contributed by atoms with Crippen molar-refractivity contribution in [1.82, 2.24) is 0 Å². The third kappa shape index (κ3) is 4.29. The summed E-state index contributed by atoms with van der Waals surface area (Å²) in [6, 6.07) is 20.6. The summed E-state index contributed by atoms with van der Waals surface area (Å²) in [5, 5.41) is 2.36. The molecular weight excluding hydrogens is 352 g/mol. The van der Waals surface area contributed by atoms with Gasteiger partial charge in [0.15, 0.2) is 0 Å². The first-order valence-corrected chi connectivity index (χ1v) is 8.99. The molecule has 0 spiro atoms. The zero-order chi connectivity index (χ0) is 18.5. The van der Waals surface area contributed by atoms with E-state index in [1.807, 2.05) is 54.6 Å². The van der Waals surface area contributed by atoms with E-state index in [1.165, 1.54) is 12.1 Å². The van der Waals surface area contributed by atoms with Crippen LogP contribution in [0.1, 0.15) is 6.92 Å². The van der Waals surface area contributed by atoms with Crippen molar-refractivity contribution in [2.24, 2.45) is 0 Å². The monoisotopic (exact) mass is 369 g/mol. The molecule has 0 aliphatic carbocycles. The van der Waals surface area contributed by atoms with Crippen LogP contribution in [-0.4, -0.2) is 11.2 Å². The number of nitrogens with one attached hydrogen (secondary N) is 1. The molecule has 0 aromatic heterocycles. The topological polar surface area (TPSA) is 29.1 Å². The summed E-state index contributed by atoms with van der Waals surface area (Å²) < 4.78 is 26.8. The normalized spacial score (nSPS) is 11.8. The molecule has 132 valence electrons. The molecule has 2 nitrogen and oxygen atoms in total. The van der Waals surface area contributed by atoms with Gasteiger partial charge >= 0.3 is 0 Å². The summed E-state index contributed by atoms with van der Waals surface area (Å²) in [5.41, 5.74) is 2.59. The third-order valence-corrected chi connectivity index (χ3v) is 4.99. The van der Waals surface area contributed by atoms with Crippen LogP contribution in [0.5, 0.6) is 0 Å². The van der Waals surface area contributed by atoms with Crippen LogP contribution in [0.3, 0.4) is 0 Å². The molecule has 0 fully saturated rings. The number of anilines is 1. The number of rotatable bonds is 5. The third-order valence-electron chi connectivity index (χ3n) is 3.84. The van der Waals surface area contributed by atoms with E-state index in [-0.39, 0.29) is 10.8 Å². The first kappa shape index (κ1) is 18.1. The van der Waals surface area contributed by atoms with Crippen molar-refractivity contribution in [2.75, 3.05) is 5.32 Å². The lowest BCUT2D eigenvalue weighted by Crippen LogP contribution is -2.22. The first-order chi connectivity index (χ1) is 12.5. The van der Waals surface area contributed by atoms with Crippen molar-refractivity contribution in [3.05, 3.63) is 84.4 Å². The highest BCUT2D eigenvalue weighted by molar-refractivity contribution is 8.00. The average molecular weight is 369 g/mol. The maximum Gasteiger partial charge on any atom is 0.237 e. The molecule has 0 radical (unpaired) electrons. The lowest BCUT2D eigenvalue weighted by molar-refractivity contribution is -0.115. The van der Waals surface area contributed by atoms with Crippen LogP contribution in [0, 0.1) is 11.6 Å². The second kappa shape index (κ2) is 8.15. The molecular formula is C21H17F2NOS. The van der Waals surface area contributed by atoms with Crippen LogP contribution < -0.4 is 5.32 Å². The zero-order valence-electron chi connectivity index (χ0n) is 14.1. The van der Waals surface area contributed by atoms with Gasteiger partial charge in [0.05, 0.1) is 5.25 Å². The molecule has 1 N–H and O–H groups in total. The zero-order valence-corrected chi connectivity index (χ0v) is 14.9. The number of carbonyl (C=O) groups is 1. The Balaban J connectivity index is 1.76. The number of benzene rings is 3. The van der Waals surface area contributed by atoms with E-state index in [0.717, 1.165) is 29.0 Å². The van der Waals surface area contributed by atoms with E-state index < -0.39 is 16.9 Å². The summed E-state index contributed by atoms with van der Waals surface area (Å²) in [6.45, 7) is 1.69. The van der Waals surface area contributed by atoms with Gasteiger partial charge in [-0.25, -0.2) is 8.78 Å². The highest BCUT2D eigenvalue weighted by Gasteiger charge is 2.18. The van der Waals surface area contributed by atoms with Gasteiger partial charge < -0.3 is 5.32 Å². The second-order valence-electron chi connectivity index (χ2n) is 5.74. The lowest BCUT2D eigenvalue weighted by atomic mass is 10.0. The molecule has 0 aliphatic rings. The van der Waals surface area contributed by atoms with Crippen molar-refractivity contribution in [3.8, 4) is 11.1 Å². The molecule has 3 aromatic rings. The molecule has 0 aliphatic heterocycles. The largest absolute Gasteiger partial charge is 0.325 e. The van der Waals surface area contributed by atoms with Gasteiger partial charge in [0, 0.05) is 22.2 Å². The molecule has 0 saturated carbocycles. The number of thioether (sulfide) groups is 1. The highest BCUT2D eigenvalue weighted by atomic mass is 32.2. The minimum absolute atomic E-state index is 0.241. The number of hydrogen-bond donors (Lipinski definition) is 1. The number of hydrogen-bond acceptors (Lipinski definition) is 2. The Morgan fingerprint density at radius 3 is 2.38 bits per heavy atom. The standard InChI is InChI=1S/C21H17F2NOS/c1-14(26-20-12-11-16(22)13-18(20)23)21(25)24-19-10-6-5-9-17(19)15-7-3-2-4-8-15/h2-14H,1H3,(H,24,25). The Kier molecular flexibility index (Phi) is 5.68. The lowest BCUT2D eigenvalue weighted by Gasteiger charge is -2.15. The second-order valence-corrected chi connectivity index (χ2v) is 7.12. The van der Waals surface area contributed by atoms with E-state index in [1.54, 1.807) is 6.92 Å². The fraction of sp³-hybridized carbons (Fsp3) is 0.0952. The Bertz CT molecular complexity index is 915. The minimum Gasteiger partial charge on any atom is -0.325 e. The summed E-state index contributed by atoms with van der Waals surface area (Å²) in [7, 11) is 0. The van der Waals surface area contributed by atoms with Crippen molar-refractivity contribution < 1.29 is 13.6 Å². The summed E-state index contributed by atoms with van der Waals surface area (Å²) in [4.78, 5) is 12.8. The van der Waals surface area contributed by atoms with Crippen LogP contribution in [0.2, 0.25) is 0 Å². The van der Waals surface area contributed by atoms with Crippen molar-refractivity contribution in [2.45, 2.75) is 17.1 Å². The first-order valence-electron chi connectivity index (χ1n) is 8.11. The smallest absolute Gasteiger partial charge is 0.237 e. The van der Waals surface area contributed by atoms with Gasteiger partial charge in [-0.05, 0) is 30.7 Å². The quantitative estimate of drug-likeness (QED) is 0.580. The summed E-state index contributed by atoms with van der Waals surface area (Å²) in [5.74, 6) is -1.55. The van der Waals surface area contributed by atoms with Gasteiger partial charge in [-0.15, -0.1) is 11.8 Å². The number of carbonyl (C=O) groups excluding carboxylic acids is 1. The molecule has 26 heavy (non-hydrogen) atoms. The fourth-order valence-electron chi connectivity index (χ4n) is 2.51. The number of para-hydroxylation sites is 1. The molecule has 0 saturated heterocycles. The fourth-order valence-corrected chi connectivity index (χ4v) is 3.38. The molecule has 1 atom stereocenters. The number of amides is 1. The van der Waals surface area contributed by atoms with E-state index in [0.29, 0.717) is 5.69 Å². The molecule has 1 unspecified atom stereocenters. The molecule has 1 amide bonds. The Hall–Kier alpha value is -2.66. The van der Waals surface area contributed by atoms with Gasteiger partial charge in [0.1, 0.15) is 11.6 Å². The predicted molar refractivity (Wildman–Crippen MR) is 102 cm³/mol. The van der Waals surface area contributed by atoms with Gasteiger partial charge in [0.2, 0.25) is 5.91 Å². The van der Waals surface area contributed by atoms with Gasteiger partial charge in [-0.3, -0.25) is 4.79 Å². The van der Waals surface area contributed by atoms with E-state index in [9.17, 15) is 13.6 Å². The Labute approximate surface area is 155 Å². The van der Waals surface area contributed by atoms with Crippen LogP contribution in [0.25, 0.3) is 11.1 Å². The molecule has 3 aromatic carbocycles. The number of halogens is 2. The van der Waals surface area contributed by atoms with E-state index in [2.05, 4.69) is 5.32 Å². The van der Waals surface area contributed by atoms with Crippen molar-refractivity contribution in [1.29, 1.82) is 0 Å². The van der Waals surface area contributed by atoms with E-state index >= 15 is 0 Å². The van der Waals surface area contributed by atoms with Gasteiger partial charge in [-0.2, -0.15) is 0 Å². The minimum atomic E-state index is -0.667. The maximum absolute atomic E-state index is 13.8. The van der Waals surface area contributed by atoms with Gasteiger partial charge in [0.25, 0.3) is 0 Å². The van der Waals surface area contributed by atoms with Crippen LogP contribution in [0.4, 0.5) is 14.5 Å². The summed E-state index contributed by atoms with van der Waals surface area (Å²) >= 11 is 1.05. The van der Waals surface area contributed by atoms with Crippen molar-refractivity contribution in [3.63, 3.8) is 0 Å².